The Balaban J connectivity index is 1.70. The molecule has 1 aliphatic heterocycles. The molecule has 2 heteroatoms. The van der Waals surface area contributed by atoms with Gasteiger partial charge in [0.1, 0.15) is 6.10 Å². The van der Waals surface area contributed by atoms with Gasteiger partial charge in [0.05, 0.1) is 12.2 Å². The van der Waals surface area contributed by atoms with Crippen molar-refractivity contribution in [2.45, 2.75) is 122 Å². The molecule has 0 amide bonds. The molecule has 0 aliphatic carbocycles. The summed E-state index contributed by atoms with van der Waals surface area (Å²) in [5, 5.41) is 0. The van der Waals surface area contributed by atoms with Crippen LogP contribution in [0.25, 0.3) is 0 Å². The van der Waals surface area contributed by atoms with Gasteiger partial charge in [-0.25, -0.2) is 0 Å². The fraction of sp³-hybridized carbons (Fsp3) is 1.00. The van der Waals surface area contributed by atoms with E-state index in [-0.39, 0.29) is 5.60 Å². The van der Waals surface area contributed by atoms with E-state index in [4.69, 9.17) is 9.47 Å². The molecule has 23 heavy (non-hydrogen) atoms. The first kappa shape index (κ1) is 21.0. The summed E-state index contributed by atoms with van der Waals surface area (Å²) in [5.74, 6) is 0. The Labute approximate surface area is 145 Å². The van der Waals surface area contributed by atoms with E-state index in [0.29, 0.717) is 6.10 Å². The van der Waals surface area contributed by atoms with E-state index >= 15 is 0 Å². The van der Waals surface area contributed by atoms with Gasteiger partial charge in [-0.05, 0) is 20.3 Å². The number of rotatable bonds is 17. The standard InChI is InChI=1S/C21H42O2/c1-4-5-6-7-8-9-10-11-12-13-14-15-16-17-18-23-21(2,3)20-19-22-20/h20H,4-19H2,1-3H3. The largest absolute Gasteiger partial charge is 0.373 e. The molecule has 1 heterocycles. The maximum absolute atomic E-state index is 5.94. The molecule has 1 atom stereocenters. The third-order valence-electron chi connectivity index (χ3n) is 5.08. The van der Waals surface area contributed by atoms with Crippen LogP contribution in [0.15, 0.2) is 0 Å². The SMILES string of the molecule is CCCCCCCCCCCCCCCCOC(C)(C)C1CO1. The van der Waals surface area contributed by atoms with Gasteiger partial charge in [-0.2, -0.15) is 0 Å². The fourth-order valence-corrected chi connectivity index (χ4v) is 3.17. The molecule has 1 saturated heterocycles. The van der Waals surface area contributed by atoms with Gasteiger partial charge >= 0.3 is 0 Å². The molecule has 1 aliphatic rings. The smallest absolute Gasteiger partial charge is 0.109 e. The van der Waals surface area contributed by atoms with Crippen molar-refractivity contribution in [3.05, 3.63) is 0 Å². The second-order valence-electron chi connectivity index (χ2n) is 7.87. The van der Waals surface area contributed by atoms with Crippen molar-refractivity contribution in [3.8, 4) is 0 Å². The van der Waals surface area contributed by atoms with Crippen LogP contribution >= 0.6 is 0 Å². The highest BCUT2D eigenvalue weighted by molar-refractivity contribution is 4.88. The van der Waals surface area contributed by atoms with Gasteiger partial charge in [-0.15, -0.1) is 0 Å². The van der Waals surface area contributed by atoms with Crippen molar-refractivity contribution in [3.63, 3.8) is 0 Å². The van der Waals surface area contributed by atoms with E-state index in [1.807, 2.05) is 0 Å². The maximum Gasteiger partial charge on any atom is 0.109 e. The number of epoxide rings is 1. The van der Waals surface area contributed by atoms with Crippen molar-refractivity contribution in [2.24, 2.45) is 0 Å². The monoisotopic (exact) mass is 326 g/mol. The van der Waals surface area contributed by atoms with Crippen LogP contribution in [-0.2, 0) is 9.47 Å². The summed E-state index contributed by atoms with van der Waals surface area (Å²) < 4.78 is 11.3. The van der Waals surface area contributed by atoms with E-state index < -0.39 is 0 Å². The zero-order valence-electron chi connectivity index (χ0n) is 16.2. The molecular weight excluding hydrogens is 284 g/mol. The molecule has 0 saturated carbocycles. The van der Waals surface area contributed by atoms with Crippen molar-refractivity contribution >= 4 is 0 Å². The summed E-state index contributed by atoms with van der Waals surface area (Å²) in [6.45, 7) is 8.36. The van der Waals surface area contributed by atoms with Crippen molar-refractivity contribution < 1.29 is 9.47 Å². The van der Waals surface area contributed by atoms with E-state index in [0.717, 1.165) is 13.2 Å². The highest BCUT2D eigenvalue weighted by Crippen LogP contribution is 2.27. The zero-order chi connectivity index (χ0) is 16.8. The van der Waals surface area contributed by atoms with Crippen LogP contribution in [0.5, 0.6) is 0 Å². The Hall–Kier alpha value is -0.0800. The molecule has 0 aromatic rings. The van der Waals surface area contributed by atoms with Crippen LogP contribution in [0, 0.1) is 0 Å². The number of unbranched alkanes of at least 4 members (excludes halogenated alkanes) is 13. The van der Waals surface area contributed by atoms with Gasteiger partial charge < -0.3 is 9.47 Å². The molecule has 0 aromatic carbocycles. The minimum Gasteiger partial charge on any atom is -0.373 e. The summed E-state index contributed by atoms with van der Waals surface area (Å²) in [7, 11) is 0. The molecule has 1 fully saturated rings. The van der Waals surface area contributed by atoms with Crippen LogP contribution < -0.4 is 0 Å². The normalized spacial score (nSPS) is 17.6. The van der Waals surface area contributed by atoms with E-state index in [1.54, 1.807) is 0 Å². The van der Waals surface area contributed by atoms with Crippen LogP contribution in [0.2, 0.25) is 0 Å². The van der Waals surface area contributed by atoms with Crippen LogP contribution in [0.3, 0.4) is 0 Å². The highest BCUT2D eigenvalue weighted by Gasteiger charge is 2.40. The average Bonchev–Trinajstić information content (AvgIpc) is 3.36. The maximum atomic E-state index is 5.94. The highest BCUT2D eigenvalue weighted by atomic mass is 16.6. The molecule has 0 spiro atoms. The second kappa shape index (κ2) is 13.2. The minimum atomic E-state index is -0.0729. The summed E-state index contributed by atoms with van der Waals surface area (Å²) in [4.78, 5) is 0. The Morgan fingerprint density at radius 2 is 1.13 bits per heavy atom. The molecule has 0 N–H and O–H groups in total. The minimum absolute atomic E-state index is 0.0729. The Morgan fingerprint density at radius 3 is 1.52 bits per heavy atom. The van der Waals surface area contributed by atoms with Gasteiger partial charge in [0.25, 0.3) is 0 Å². The number of hydrogen-bond donors (Lipinski definition) is 0. The van der Waals surface area contributed by atoms with Crippen molar-refractivity contribution in [1.82, 2.24) is 0 Å². The molecule has 1 unspecified atom stereocenters. The Morgan fingerprint density at radius 1 is 0.739 bits per heavy atom. The molecule has 0 aromatic heterocycles. The first-order chi connectivity index (χ1) is 11.2. The molecule has 2 nitrogen and oxygen atoms in total. The van der Waals surface area contributed by atoms with E-state index in [9.17, 15) is 0 Å². The van der Waals surface area contributed by atoms with Crippen molar-refractivity contribution in [2.75, 3.05) is 13.2 Å². The van der Waals surface area contributed by atoms with Crippen LogP contribution in [0.1, 0.15) is 111 Å². The Kier molecular flexibility index (Phi) is 12.1. The third-order valence-corrected chi connectivity index (χ3v) is 5.08. The van der Waals surface area contributed by atoms with Gasteiger partial charge in [-0.3, -0.25) is 0 Å². The molecule has 138 valence electrons. The topological polar surface area (TPSA) is 21.8 Å². The lowest BCUT2D eigenvalue weighted by Gasteiger charge is -2.22. The van der Waals surface area contributed by atoms with Gasteiger partial charge in [-0.1, -0.05) is 90.4 Å². The quantitative estimate of drug-likeness (QED) is 0.220. The lowest BCUT2D eigenvalue weighted by molar-refractivity contribution is -0.0377. The lowest BCUT2D eigenvalue weighted by Crippen LogP contribution is -2.31. The lowest BCUT2D eigenvalue weighted by atomic mass is 10.0. The summed E-state index contributed by atoms with van der Waals surface area (Å²) in [5.41, 5.74) is -0.0729. The second-order valence-corrected chi connectivity index (χ2v) is 7.87. The molecule has 1 rings (SSSR count). The summed E-state index contributed by atoms with van der Waals surface area (Å²) in [6.07, 6.45) is 20.0. The Bertz CT molecular complexity index is 259. The first-order valence-electron chi connectivity index (χ1n) is 10.4. The average molecular weight is 327 g/mol. The van der Waals surface area contributed by atoms with Gasteiger partial charge in [0.2, 0.25) is 0 Å². The van der Waals surface area contributed by atoms with E-state index in [1.165, 1.54) is 89.9 Å². The first-order valence-corrected chi connectivity index (χ1v) is 10.4. The van der Waals surface area contributed by atoms with Crippen LogP contribution in [-0.4, -0.2) is 24.9 Å². The fourth-order valence-electron chi connectivity index (χ4n) is 3.17. The van der Waals surface area contributed by atoms with Gasteiger partial charge in [0, 0.05) is 6.61 Å². The third kappa shape index (κ3) is 12.0. The molecule has 0 radical (unpaired) electrons. The number of hydrogen-bond acceptors (Lipinski definition) is 2. The molecule has 0 bridgehead atoms. The molecular formula is C21H42O2. The summed E-state index contributed by atoms with van der Waals surface area (Å²) in [6, 6.07) is 0. The van der Waals surface area contributed by atoms with Gasteiger partial charge in [0.15, 0.2) is 0 Å². The van der Waals surface area contributed by atoms with E-state index in [2.05, 4.69) is 20.8 Å². The zero-order valence-corrected chi connectivity index (χ0v) is 16.2. The number of ether oxygens (including phenoxy) is 2. The predicted molar refractivity (Wildman–Crippen MR) is 100 cm³/mol. The predicted octanol–water partition coefficient (Wildman–Crippen LogP) is 6.66. The van der Waals surface area contributed by atoms with Crippen molar-refractivity contribution in [1.29, 1.82) is 0 Å². The van der Waals surface area contributed by atoms with Crippen LogP contribution in [0.4, 0.5) is 0 Å². The summed E-state index contributed by atoms with van der Waals surface area (Å²) >= 11 is 0.